The van der Waals surface area contributed by atoms with Gasteiger partial charge in [0.05, 0.1) is 19.4 Å². The van der Waals surface area contributed by atoms with Crippen LogP contribution in [-0.4, -0.2) is 25.5 Å². The number of carbonyl (C=O) groups excluding carboxylic acids is 2. The molecule has 2 amide bonds. The Morgan fingerprint density at radius 1 is 1.04 bits per heavy atom. The molecule has 0 heterocycles. The van der Waals surface area contributed by atoms with Gasteiger partial charge in [0.15, 0.2) is 0 Å². The number of rotatable bonds is 8. The summed E-state index contributed by atoms with van der Waals surface area (Å²) in [7, 11) is 1.52. The number of aryl methyl sites for hydroxylation is 1. The third-order valence-electron chi connectivity index (χ3n) is 3.69. The zero-order valence-corrected chi connectivity index (χ0v) is 15.3. The molecule has 26 heavy (non-hydrogen) atoms. The third kappa shape index (κ3) is 5.51. The van der Waals surface area contributed by atoms with Gasteiger partial charge in [-0.3, -0.25) is 9.59 Å². The Kier molecular flexibility index (Phi) is 7.02. The summed E-state index contributed by atoms with van der Waals surface area (Å²) in [5.41, 5.74) is 2.11. The van der Waals surface area contributed by atoms with Crippen LogP contribution in [0.3, 0.4) is 0 Å². The molecule has 138 valence electrons. The van der Waals surface area contributed by atoms with Crippen molar-refractivity contribution in [1.82, 2.24) is 0 Å². The molecule has 0 unspecified atom stereocenters. The summed E-state index contributed by atoms with van der Waals surface area (Å²) in [5, 5.41) is 5.53. The molecule has 6 nitrogen and oxygen atoms in total. The first-order valence-corrected chi connectivity index (χ1v) is 8.49. The fourth-order valence-corrected chi connectivity index (χ4v) is 2.55. The predicted molar refractivity (Wildman–Crippen MR) is 102 cm³/mol. The highest BCUT2D eigenvalue weighted by molar-refractivity contribution is 5.94. The fraction of sp³-hybridized carbons (Fsp3) is 0.300. The van der Waals surface area contributed by atoms with Gasteiger partial charge in [-0.15, -0.1) is 0 Å². The van der Waals surface area contributed by atoms with E-state index in [-0.39, 0.29) is 11.8 Å². The second-order valence-corrected chi connectivity index (χ2v) is 5.69. The van der Waals surface area contributed by atoms with Crippen molar-refractivity contribution in [1.29, 1.82) is 0 Å². The standard InChI is InChI=1S/C20H24N2O4/c1-4-26-18-8-6-5-7-15(18)9-12-20(24)22-16-10-11-19(25-3)17(13-16)21-14(2)23/h5-8,10-11,13H,4,9,12H2,1-3H3,(H,21,23)(H,22,24). The maximum absolute atomic E-state index is 12.3. The number of hydrogen-bond acceptors (Lipinski definition) is 4. The second-order valence-electron chi connectivity index (χ2n) is 5.69. The van der Waals surface area contributed by atoms with Crippen LogP contribution in [0.4, 0.5) is 11.4 Å². The Bertz CT molecular complexity index is 774. The number of amides is 2. The number of methoxy groups -OCH3 is 1. The minimum absolute atomic E-state index is 0.116. The Labute approximate surface area is 153 Å². The van der Waals surface area contributed by atoms with E-state index in [1.165, 1.54) is 14.0 Å². The molecule has 0 saturated carbocycles. The topological polar surface area (TPSA) is 76.7 Å². The van der Waals surface area contributed by atoms with E-state index in [9.17, 15) is 9.59 Å². The van der Waals surface area contributed by atoms with Crippen LogP contribution >= 0.6 is 0 Å². The summed E-state index contributed by atoms with van der Waals surface area (Å²) >= 11 is 0. The average molecular weight is 356 g/mol. The molecule has 0 spiro atoms. The summed E-state index contributed by atoms with van der Waals surface area (Å²) in [5.74, 6) is 1.01. The summed E-state index contributed by atoms with van der Waals surface area (Å²) in [6, 6.07) is 12.8. The van der Waals surface area contributed by atoms with E-state index < -0.39 is 0 Å². The van der Waals surface area contributed by atoms with Gasteiger partial charge in [0.1, 0.15) is 11.5 Å². The maximum atomic E-state index is 12.3. The van der Waals surface area contributed by atoms with Gasteiger partial charge in [0, 0.05) is 19.0 Å². The highest BCUT2D eigenvalue weighted by Gasteiger charge is 2.10. The van der Waals surface area contributed by atoms with E-state index in [0.717, 1.165) is 11.3 Å². The smallest absolute Gasteiger partial charge is 0.224 e. The van der Waals surface area contributed by atoms with Crippen LogP contribution in [0.1, 0.15) is 25.8 Å². The molecule has 0 aliphatic rings. The molecule has 0 saturated heterocycles. The molecule has 6 heteroatoms. The first-order chi connectivity index (χ1) is 12.5. The lowest BCUT2D eigenvalue weighted by Crippen LogP contribution is -2.13. The number of nitrogens with one attached hydrogen (secondary N) is 2. The SMILES string of the molecule is CCOc1ccccc1CCC(=O)Nc1ccc(OC)c(NC(C)=O)c1. The van der Waals surface area contributed by atoms with Crippen molar-refractivity contribution in [2.24, 2.45) is 0 Å². The highest BCUT2D eigenvalue weighted by atomic mass is 16.5. The number of anilines is 2. The Hall–Kier alpha value is -3.02. The van der Waals surface area contributed by atoms with Crippen molar-refractivity contribution in [3.8, 4) is 11.5 Å². The Balaban J connectivity index is 2.00. The summed E-state index contributed by atoms with van der Waals surface area (Å²) in [6.45, 7) is 3.93. The van der Waals surface area contributed by atoms with Gasteiger partial charge in [0.2, 0.25) is 11.8 Å². The quantitative estimate of drug-likeness (QED) is 0.757. The first-order valence-electron chi connectivity index (χ1n) is 8.49. The normalized spacial score (nSPS) is 10.1. The molecule has 2 rings (SSSR count). The van der Waals surface area contributed by atoms with E-state index in [1.807, 2.05) is 31.2 Å². The van der Waals surface area contributed by atoms with Crippen LogP contribution in [0.2, 0.25) is 0 Å². The van der Waals surface area contributed by atoms with E-state index in [2.05, 4.69) is 10.6 Å². The monoisotopic (exact) mass is 356 g/mol. The van der Waals surface area contributed by atoms with Crippen molar-refractivity contribution >= 4 is 23.2 Å². The molecular formula is C20H24N2O4. The first kappa shape index (κ1) is 19.3. The lowest BCUT2D eigenvalue weighted by Gasteiger charge is -2.12. The lowest BCUT2D eigenvalue weighted by atomic mass is 10.1. The van der Waals surface area contributed by atoms with Crippen LogP contribution in [0.5, 0.6) is 11.5 Å². The maximum Gasteiger partial charge on any atom is 0.224 e. The molecule has 0 bridgehead atoms. The molecule has 0 aliphatic carbocycles. The van der Waals surface area contributed by atoms with Gasteiger partial charge in [-0.05, 0) is 43.2 Å². The van der Waals surface area contributed by atoms with Crippen LogP contribution < -0.4 is 20.1 Å². The number of carbonyl (C=O) groups is 2. The van der Waals surface area contributed by atoms with Crippen LogP contribution in [0.25, 0.3) is 0 Å². The average Bonchev–Trinajstić information content (AvgIpc) is 2.61. The third-order valence-corrected chi connectivity index (χ3v) is 3.69. The highest BCUT2D eigenvalue weighted by Crippen LogP contribution is 2.28. The Morgan fingerprint density at radius 2 is 1.81 bits per heavy atom. The van der Waals surface area contributed by atoms with Crippen LogP contribution in [0, 0.1) is 0 Å². The van der Waals surface area contributed by atoms with E-state index in [1.54, 1.807) is 18.2 Å². The van der Waals surface area contributed by atoms with Crippen LogP contribution in [-0.2, 0) is 16.0 Å². The fourth-order valence-electron chi connectivity index (χ4n) is 2.55. The summed E-state index contributed by atoms with van der Waals surface area (Å²) < 4.78 is 10.8. The number of benzene rings is 2. The van der Waals surface area contributed by atoms with E-state index >= 15 is 0 Å². The molecule has 2 N–H and O–H groups in total. The van der Waals surface area contributed by atoms with Crippen molar-refractivity contribution < 1.29 is 19.1 Å². The molecule has 0 aliphatic heterocycles. The van der Waals surface area contributed by atoms with E-state index in [0.29, 0.717) is 36.6 Å². The molecular weight excluding hydrogens is 332 g/mol. The summed E-state index contributed by atoms with van der Waals surface area (Å²) in [6.07, 6.45) is 0.905. The largest absolute Gasteiger partial charge is 0.495 e. The molecule has 2 aromatic rings. The zero-order valence-electron chi connectivity index (χ0n) is 15.3. The zero-order chi connectivity index (χ0) is 18.9. The molecule has 0 atom stereocenters. The van der Waals surface area contributed by atoms with Crippen molar-refractivity contribution in [2.75, 3.05) is 24.4 Å². The molecule has 0 fully saturated rings. The minimum Gasteiger partial charge on any atom is -0.495 e. The van der Waals surface area contributed by atoms with Crippen molar-refractivity contribution in [2.45, 2.75) is 26.7 Å². The van der Waals surface area contributed by atoms with Gasteiger partial charge < -0.3 is 20.1 Å². The lowest BCUT2D eigenvalue weighted by molar-refractivity contribution is -0.116. The summed E-state index contributed by atoms with van der Waals surface area (Å²) in [4.78, 5) is 23.6. The number of hydrogen-bond donors (Lipinski definition) is 2. The van der Waals surface area contributed by atoms with Gasteiger partial charge >= 0.3 is 0 Å². The van der Waals surface area contributed by atoms with Crippen molar-refractivity contribution in [3.05, 3.63) is 48.0 Å². The molecule has 0 radical (unpaired) electrons. The van der Waals surface area contributed by atoms with Gasteiger partial charge in [-0.1, -0.05) is 18.2 Å². The number of para-hydroxylation sites is 1. The predicted octanol–water partition coefficient (Wildman–Crippen LogP) is 3.62. The second kappa shape index (κ2) is 9.46. The minimum atomic E-state index is -0.209. The van der Waals surface area contributed by atoms with Gasteiger partial charge in [-0.25, -0.2) is 0 Å². The van der Waals surface area contributed by atoms with Crippen LogP contribution in [0.15, 0.2) is 42.5 Å². The Morgan fingerprint density at radius 3 is 2.50 bits per heavy atom. The van der Waals surface area contributed by atoms with Crippen molar-refractivity contribution in [3.63, 3.8) is 0 Å². The van der Waals surface area contributed by atoms with Gasteiger partial charge in [-0.2, -0.15) is 0 Å². The molecule has 0 aromatic heterocycles. The number of ether oxygens (including phenoxy) is 2. The molecule has 2 aromatic carbocycles. The van der Waals surface area contributed by atoms with E-state index in [4.69, 9.17) is 9.47 Å². The van der Waals surface area contributed by atoms with Gasteiger partial charge in [0.25, 0.3) is 0 Å².